The summed E-state index contributed by atoms with van der Waals surface area (Å²) in [5.74, 6) is 0.798. The lowest BCUT2D eigenvalue weighted by molar-refractivity contribution is 0.332. The van der Waals surface area contributed by atoms with Crippen LogP contribution in [0.3, 0.4) is 0 Å². The van der Waals surface area contributed by atoms with Gasteiger partial charge in [0.1, 0.15) is 0 Å². The van der Waals surface area contributed by atoms with Crippen molar-refractivity contribution in [3.05, 3.63) is 34.7 Å². The molecule has 1 fully saturated rings. The molecule has 1 aromatic carbocycles. The number of piperidine rings is 1. The van der Waals surface area contributed by atoms with Crippen LogP contribution in [0.1, 0.15) is 70.9 Å². The molecule has 4 rings (SSSR count). The van der Waals surface area contributed by atoms with Gasteiger partial charge in [-0.05, 0) is 72.6 Å². The van der Waals surface area contributed by atoms with Crippen LogP contribution in [0.15, 0.2) is 23.6 Å². The van der Waals surface area contributed by atoms with Gasteiger partial charge in [0.15, 0.2) is 5.13 Å². The Morgan fingerprint density at radius 3 is 2.43 bits per heavy atom. The van der Waals surface area contributed by atoms with E-state index in [0.29, 0.717) is 0 Å². The second kappa shape index (κ2) is 7.46. The van der Waals surface area contributed by atoms with E-state index in [1.54, 1.807) is 11.3 Å². The van der Waals surface area contributed by atoms with Crippen molar-refractivity contribution in [3.63, 3.8) is 0 Å². The summed E-state index contributed by atoms with van der Waals surface area (Å²) in [4.78, 5) is 7.49. The molecule has 0 unspecified atom stereocenters. The first kappa shape index (κ1) is 19.9. The molecule has 4 heteroatoms. The molecule has 1 aliphatic heterocycles. The molecule has 152 valence electrons. The smallest absolute Gasteiger partial charge is 0.185 e. The minimum atomic E-state index is 0.241. The van der Waals surface area contributed by atoms with Gasteiger partial charge < -0.3 is 10.6 Å². The van der Waals surface area contributed by atoms with E-state index in [9.17, 15) is 0 Å². The van der Waals surface area contributed by atoms with Gasteiger partial charge in [-0.1, -0.05) is 39.8 Å². The number of nitrogens with zero attached hydrogens (tertiary/aromatic N) is 2. The lowest BCUT2D eigenvalue weighted by atomic mass is 9.63. The maximum Gasteiger partial charge on any atom is 0.185 e. The third-order valence-corrected chi connectivity index (χ3v) is 8.00. The van der Waals surface area contributed by atoms with Gasteiger partial charge in [-0.15, -0.1) is 11.3 Å². The normalized spacial score (nSPS) is 21.5. The highest BCUT2D eigenvalue weighted by molar-refractivity contribution is 7.14. The fraction of sp³-hybridized carbons (Fsp3) is 0.625. The molecule has 2 heterocycles. The molecule has 0 saturated carbocycles. The van der Waals surface area contributed by atoms with Crippen molar-refractivity contribution < 1.29 is 0 Å². The third kappa shape index (κ3) is 3.73. The first-order chi connectivity index (χ1) is 13.3. The molecular weight excluding hydrogens is 362 g/mol. The average Bonchev–Trinajstić information content (AvgIpc) is 3.16. The summed E-state index contributed by atoms with van der Waals surface area (Å²) in [6.45, 7) is 12.6. The van der Waals surface area contributed by atoms with E-state index in [-0.39, 0.29) is 10.8 Å². The molecule has 1 aromatic heterocycles. The SMILES string of the molecule is CC1(C)CCC(C)(C)c2cc(-c3csc(N4CCC(CCN)CC4)n3)ccc21. The Bertz CT molecular complexity index is 828. The van der Waals surface area contributed by atoms with Crippen LogP contribution in [0.2, 0.25) is 0 Å². The summed E-state index contributed by atoms with van der Waals surface area (Å²) in [5, 5.41) is 3.42. The monoisotopic (exact) mass is 397 g/mol. The van der Waals surface area contributed by atoms with E-state index in [2.05, 4.69) is 56.2 Å². The van der Waals surface area contributed by atoms with Crippen LogP contribution < -0.4 is 10.6 Å². The second-order valence-corrected chi connectivity index (χ2v) is 10.9. The van der Waals surface area contributed by atoms with Gasteiger partial charge in [-0.25, -0.2) is 4.98 Å². The van der Waals surface area contributed by atoms with Crippen molar-refractivity contribution in [1.82, 2.24) is 4.98 Å². The fourth-order valence-electron chi connectivity index (χ4n) is 4.94. The van der Waals surface area contributed by atoms with Crippen LogP contribution >= 0.6 is 11.3 Å². The fourth-order valence-corrected chi connectivity index (χ4v) is 5.83. The highest BCUT2D eigenvalue weighted by atomic mass is 32.1. The number of aromatic nitrogens is 1. The van der Waals surface area contributed by atoms with Gasteiger partial charge in [0.25, 0.3) is 0 Å². The Morgan fingerprint density at radius 1 is 1.07 bits per heavy atom. The summed E-state index contributed by atoms with van der Waals surface area (Å²) in [7, 11) is 0. The second-order valence-electron chi connectivity index (χ2n) is 10.1. The summed E-state index contributed by atoms with van der Waals surface area (Å²) < 4.78 is 0. The lowest BCUT2D eigenvalue weighted by Gasteiger charge is -2.42. The number of benzene rings is 1. The number of thiazole rings is 1. The predicted molar refractivity (Wildman–Crippen MR) is 121 cm³/mol. The van der Waals surface area contributed by atoms with Gasteiger partial charge in [0.2, 0.25) is 0 Å². The van der Waals surface area contributed by atoms with Crippen molar-refractivity contribution in [3.8, 4) is 11.3 Å². The van der Waals surface area contributed by atoms with Crippen LogP contribution in [0.25, 0.3) is 11.3 Å². The quantitative estimate of drug-likeness (QED) is 0.717. The van der Waals surface area contributed by atoms with Gasteiger partial charge >= 0.3 is 0 Å². The molecule has 1 saturated heterocycles. The number of anilines is 1. The zero-order valence-corrected chi connectivity index (χ0v) is 18.7. The van der Waals surface area contributed by atoms with E-state index >= 15 is 0 Å². The lowest BCUT2D eigenvalue weighted by Crippen LogP contribution is -2.34. The maximum atomic E-state index is 5.73. The van der Waals surface area contributed by atoms with Crippen molar-refractivity contribution in [1.29, 1.82) is 0 Å². The largest absolute Gasteiger partial charge is 0.348 e. The molecule has 2 aliphatic rings. The molecule has 2 aromatic rings. The Balaban J connectivity index is 1.57. The number of fused-ring (bicyclic) bond motifs is 1. The van der Waals surface area contributed by atoms with E-state index in [1.165, 1.54) is 47.5 Å². The zero-order valence-electron chi connectivity index (χ0n) is 17.9. The predicted octanol–water partition coefficient (Wildman–Crippen LogP) is 5.72. The number of rotatable bonds is 4. The van der Waals surface area contributed by atoms with Crippen LogP contribution in [-0.2, 0) is 10.8 Å². The first-order valence-electron chi connectivity index (χ1n) is 10.9. The third-order valence-electron chi connectivity index (χ3n) is 7.10. The molecule has 0 bridgehead atoms. The molecular formula is C24H35N3S. The topological polar surface area (TPSA) is 42.1 Å². The molecule has 2 N–H and O–H groups in total. The average molecular weight is 398 g/mol. The van der Waals surface area contributed by atoms with Gasteiger partial charge in [0, 0.05) is 24.0 Å². The van der Waals surface area contributed by atoms with E-state index in [1.807, 2.05) is 0 Å². The zero-order chi connectivity index (χ0) is 19.9. The van der Waals surface area contributed by atoms with Gasteiger partial charge in [-0.2, -0.15) is 0 Å². The highest BCUT2D eigenvalue weighted by Crippen LogP contribution is 2.47. The van der Waals surface area contributed by atoms with Crippen molar-refractivity contribution in [2.75, 3.05) is 24.5 Å². The summed E-state index contributed by atoms with van der Waals surface area (Å²) in [6.07, 6.45) is 6.16. The maximum absolute atomic E-state index is 5.73. The Hall–Kier alpha value is -1.39. The molecule has 3 nitrogen and oxygen atoms in total. The highest BCUT2D eigenvalue weighted by Gasteiger charge is 2.37. The van der Waals surface area contributed by atoms with Crippen molar-refractivity contribution >= 4 is 16.5 Å². The number of hydrogen-bond donors (Lipinski definition) is 1. The minimum absolute atomic E-state index is 0.241. The van der Waals surface area contributed by atoms with Gasteiger partial charge in [-0.3, -0.25) is 0 Å². The van der Waals surface area contributed by atoms with Crippen molar-refractivity contribution in [2.24, 2.45) is 11.7 Å². The molecule has 0 spiro atoms. The summed E-state index contributed by atoms with van der Waals surface area (Å²) >= 11 is 1.79. The van der Waals surface area contributed by atoms with Gasteiger partial charge in [0.05, 0.1) is 5.69 Å². The van der Waals surface area contributed by atoms with Crippen molar-refractivity contribution in [2.45, 2.75) is 70.6 Å². The Labute approximate surface area is 174 Å². The molecule has 28 heavy (non-hydrogen) atoms. The first-order valence-corrected chi connectivity index (χ1v) is 11.7. The van der Waals surface area contributed by atoms with E-state index in [0.717, 1.165) is 37.7 Å². The van der Waals surface area contributed by atoms with Crippen LogP contribution in [0, 0.1) is 5.92 Å². The molecule has 0 amide bonds. The summed E-state index contributed by atoms with van der Waals surface area (Å²) in [6, 6.07) is 7.07. The van der Waals surface area contributed by atoms with E-state index < -0.39 is 0 Å². The Kier molecular flexibility index (Phi) is 5.30. The molecule has 1 aliphatic carbocycles. The molecule has 0 atom stereocenters. The van der Waals surface area contributed by atoms with E-state index in [4.69, 9.17) is 10.7 Å². The number of nitrogens with two attached hydrogens (primary N) is 1. The minimum Gasteiger partial charge on any atom is -0.348 e. The Morgan fingerprint density at radius 2 is 1.75 bits per heavy atom. The van der Waals surface area contributed by atoms with Crippen LogP contribution in [0.4, 0.5) is 5.13 Å². The standard InChI is InChI=1S/C24H35N3S/c1-23(2)10-11-24(3,4)20-15-18(5-6-19(20)23)21-16-28-22(26-21)27-13-8-17(7-12-25)9-14-27/h5-6,15-17H,7-14,25H2,1-4H3. The van der Waals surface area contributed by atoms with Crippen LogP contribution in [0.5, 0.6) is 0 Å². The number of hydrogen-bond acceptors (Lipinski definition) is 4. The molecule has 0 radical (unpaired) electrons. The van der Waals surface area contributed by atoms with Crippen LogP contribution in [-0.4, -0.2) is 24.6 Å². The summed E-state index contributed by atoms with van der Waals surface area (Å²) in [5.41, 5.74) is 11.7.